The van der Waals surface area contributed by atoms with E-state index in [-0.39, 0.29) is 0 Å². The van der Waals surface area contributed by atoms with E-state index in [0.717, 1.165) is 38.8 Å². The van der Waals surface area contributed by atoms with Gasteiger partial charge in [-0.05, 0) is 6.07 Å². The van der Waals surface area contributed by atoms with Crippen LogP contribution in [0.3, 0.4) is 0 Å². The summed E-state index contributed by atoms with van der Waals surface area (Å²) in [7, 11) is 7.18. The van der Waals surface area contributed by atoms with Crippen molar-refractivity contribution in [3.63, 3.8) is 0 Å². The van der Waals surface area contributed by atoms with Crippen molar-refractivity contribution < 1.29 is 9.47 Å². The van der Waals surface area contributed by atoms with E-state index in [0.29, 0.717) is 0 Å². The fraction of sp³-hybridized carbons (Fsp3) is 0.267. The number of fused-ring (bicyclic) bond motifs is 1. The highest BCUT2D eigenvalue weighted by Crippen LogP contribution is 2.38. The highest BCUT2D eigenvalue weighted by molar-refractivity contribution is 7.14. The smallest absolute Gasteiger partial charge is 0.182 e. The quantitative estimate of drug-likeness (QED) is 0.803. The van der Waals surface area contributed by atoms with Gasteiger partial charge in [0.05, 0.1) is 25.4 Å². The SMILES string of the molecule is CNc1nc(-c2cn(C)c3cc(OC)c(OC)cc23)cs1. The van der Waals surface area contributed by atoms with E-state index < -0.39 is 0 Å². The van der Waals surface area contributed by atoms with Crippen molar-refractivity contribution in [2.75, 3.05) is 26.6 Å². The van der Waals surface area contributed by atoms with Crippen LogP contribution in [-0.4, -0.2) is 30.8 Å². The maximum atomic E-state index is 5.41. The maximum Gasteiger partial charge on any atom is 0.182 e. The number of aromatic nitrogens is 2. The fourth-order valence-electron chi connectivity index (χ4n) is 2.42. The van der Waals surface area contributed by atoms with Crippen molar-refractivity contribution in [1.82, 2.24) is 9.55 Å². The van der Waals surface area contributed by atoms with Crippen LogP contribution in [0.2, 0.25) is 0 Å². The monoisotopic (exact) mass is 303 g/mol. The molecule has 0 saturated carbocycles. The lowest BCUT2D eigenvalue weighted by molar-refractivity contribution is 0.355. The van der Waals surface area contributed by atoms with Gasteiger partial charge in [0.15, 0.2) is 16.6 Å². The first-order chi connectivity index (χ1) is 10.2. The number of aryl methyl sites for hydroxylation is 1. The lowest BCUT2D eigenvalue weighted by Gasteiger charge is -2.08. The summed E-state index contributed by atoms with van der Waals surface area (Å²) in [6, 6.07) is 3.99. The molecular weight excluding hydrogens is 286 g/mol. The van der Waals surface area contributed by atoms with Crippen LogP contribution in [0.15, 0.2) is 23.7 Å². The van der Waals surface area contributed by atoms with E-state index in [1.807, 2.05) is 26.2 Å². The molecule has 0 amide bonds. The third-order valence-corrected chi connectivity index (χ3v) is 4.35. The number of rotatable bonds is 4. The number of ether oxygens (including phenoxy) is 2. The molecular formula is C15H17N3O2S. The van der Waals surface area contributed by atoms with Crippen molar-refractivity contribution in [2.24, 2.45) is 7.05 Å². The average Bonchev–Trinajstić information content (AvgIpc) is 3.10. The number of thiazole rings is 1. The Morgan fingerprint density at radius 1 is 1.19 bits per heavy atom. The summed E-state index contributed by atoms with van der Waals surface area (Å²) in [4.78, 5) is 4.58. The van der Waals surface area contributed by atoms with Gasteiger partial charge in [0, 0.05) is 42.7 Å². The Morgan fingerprint density at radius 3 is 2.52 bits per heavy atom. The minimum atomic E-state index is 0.724. The van der Waals surface area contributed by atoms with E-state index in [2.05, 4.69) is 26.4 Å². The average molecular weight is 303 g/mol. The van der Waals surface area contributed by atoms with Crippen LogP contribution in [0.1, 0.15) is 0 Å². The van der Waals surface area contributed by atoms with Crippen molar-refractivity contribution in [3.8, 4) is 22.8 Å². The largest absolute Gasteiger partial charge is 0.493 e. The number of nitrogens with one attached hydrogen (secondary N) is 1. The van der Waals surface area contributed by atoms with Crippen molar-refractivity contribution in [3.05, 3.63) is 23.7 Å². The Labute approximate surface area is 127 Å². The van der Waals surface area contributed by atoms with Gasteiger partial charge in [0.25, 0.3) is 0 Å². The minimum Gasteiger partial charge on any atom is -0.493 e. The number of benzene rings is 1. The molecule has 0 spiro atoms. The van der Waals surface area contributed by atoms with Crippen molar-refractivity contribution in [2.45, 2.75) is 0 Å². The lowest BCUT2D eigenvalue weighted by Crippen LogP contribution is -1.91. The van der Waals surface area contributed by atoms with Crippen LogP contribution < -0.4 is 14.8 Å². The molecule has 3 rings (SSSR count). The molecule has 0 aliphatic rings. The highest BCUT2D eigenvalue weighted by atomic mass is 32.1. The first kappa shape index (κ1) is 13.8. The van der Waals surface area contributed by atoms with Gasteiger partial charge in [-0.1, -0.05) is 0 Å². The third kappa shape index (κ3) is 2.21. The molecule has 21 heavy (non-hydrogen) atoms. The van der Waals surface area contributed by atoms with Crippen LogP contribution in [0.5, 0.6) is 11.5 Å². The van der Waals surface area contributed by atoms with E-state index in [9.17, 15) is 0 Å². The molecule has 1 aromatic carbocycles. The molecule has 2 heterocycles. The molecule has 0 radical (unpaired) electrons. The van der Waals surface area contributed by atoms with Crippen LogP contribution in [-0.2, 0) is 7.05 Å². The van der Waals surface area contributed by atoms with Gasteiger partial charge in [-0.2, -0.15) is 0 Å². The third-order valence-electron chi connectivity index (χ3n) is 3.49. The predicted octanol–water partition coefficient (Wildman–Crippen LogP) is 3.36. The number of nitrogens with zero attached hydrogens (tertiary/aromatic N) is 2. The van der Waals surface area contributed by atoms with Gasteiger partial charge in [-0.25, -0.2) is 4.98 Å². The summed E-state index contributed by atoms with van der Waals surface area (Å²) in [6.07, 6.45) is 2.08. The first-order valence-electron chi connectivity index (χ1n) is 6.52. The maximum absolute atomic E-state index is 5.41. The van der Waals surface area contributed by atoms with E-state index >= 15 is 0 Å². The number of hydrogen-bond acceptors (Lipinski definition) is 5. The molecule has 0 fully saturated rings. The van der Waals surface area contributed by atoms with Crippen LogP contribution >= 0.6 is 11.3 Å². The van der Waals surface area contributed by atoms with Gasteiger partial charge < -0.3 is 19.4 Å². The van der Waals surface area contributed by atoms with Crippen LogP contribution in [0.4, 0.5) is 5.13 Å². The Bertz CT molecular complexity index is 792. The van der Waals surface area contributed by atoms with E-state index in [4.69, 9.17) is 9.47 Å². The van der Waals surface area contributed by atoms with Crippen LogP contribution in [0.25, 0.3) is 22.2 Å². The standard InChI is InChI=1S/C15H17N3O2S/c1-16-15-17-11(8-21-15)10-7-18(2)12-6-14(20-4)13(19-3)5-9(10)12/h5-8H,1-4H3,(H,16,17). The van der Waals surface area contributed by atoms with Gasteiger partial charge >= 0.3 is 0 Å². The molecule has 2 aromatic heterocycles. The Morgan fingerprint density at radius 2 is 1.90 bits per heavy atom. The van der Waals surface area contributed by atoms with Gasteiger partial charge in [-0.15, -0.1) is 11.3 Å². The molecule has 0 aliphatic heterocycles. The predicted molar refractivity (Wildman–Crippen MR) is 86.7 cm³/mol. The summed E-state index contributed by atoms with van der Waals surface area (Å²) >= 11 is 1.59. The zero-order valence-electron chi connectivity index (χ0n) is 12.4. The van der Waals surface area contributed by atoms with Gasteiger partial charge in [0.1, 0.15) is 0 Å². The summed E-state index contributed by atoms with van der Waals surface area (Å²) < 4.78 is 12.9. The molecule has 0 saturated heterocycles. The Balaban J connectivity index is 2.24. The summed E-state index contributed by atoms with van der Waals surface area (Å²) in [5.41, 5.74) is 3.13. The molecule has 0 bridgehead atoms. The topological polar surface area (TPSA) is 48.3 Å². The molecule has 3 aromatic rings. The second-order valence-electron chi connectivity index (χ2n) is 4.67. The number of anilines is 1. The second-order valence-corrected chi connectivity index (χ2v) is 5.52. The molecule has 0 aliphatic carbocycles. The minimum absolute atomic E-state index is 0.724. The molecule has 0 unspecified atom stereocenters. The summed E-state index contributed by atoms with van der Waals surface area (Å²) in [6.45, 7) is 0. The highest BCUT2D eigenvalue weighted by Gasteiger charge is 2.15. The Kier molecular flexibility index (Phi) is 3.47. The zero-order valence-corrected chi connectivity index (χ0v) is 13.2. The van der Waals surface area contributed by atoms with Gasteiger partial charge in [-0.3, -0.25) is 0 Å². The van der Waals surface area contributed by atoms with E-state index in [1.54, 1.807) is 25.6 Å². The normalized spacial score (nSPS) is 10.9. The molecule has 6 heteroatoms. The zero-order chi connectivity index (χ0) is 15.0. The summed E-state index contributed by atoms with van der Waals surface area (Å²) in [5.74, 6) is 1.45. The Hall–Kier alpha value is -2.21. The van der Waals surface area contributed by atoms with Crippen LogP contribution in [0, 0.1) is 0 Å². The molecule has 110 valence electrons. The van der Waals surface area contributed by atoms with E-state index in [1.165, 1.54) is 0 Å². The fourth-order valence-corrected chi connectivity index (χ4v) is 3.10. The molecule has 1 N–H and O–H groups in total. The first-order valence-corrected chi connectivity index (χ1v) is 7.40. The molecule has 0 atom stereocenters. The summed E-state index contributed by atoms with van der Waals surface area (Å²) in [5, 5.41) is 7.13. The van der Waals surface area contributed by atoms with Crippen molar-refractivity contribution in [1.29, 1.82) is 0 Å². The number of methoxy groups -OCH3 is 2. The van der Waals surface area contributed by atoms with Gasteiger partial charge in [0.2, 0.25) is 0 Å². The van der Waals surface area contributed by atoms with Crippen molar-refractivity contribution >= 4 is 27.4 Å². The number of hydrogen-bond donors (Lipinski definition) is 1. The lowest BCUT2D eigenvalue weighted by atomic mass is 10.1. The second kappa shape index (κ2) is 5.29. The molecule has 5 nitrogen and oxygen atoms in total.